The maximum atomic E-state index is 11.9. The third-order valence-electron chi connectivity index (χ3n) is 2.35. The zero-order chi connectivity index (χ0) is 13.6. The minimum Gasteiger partial charge on any atom is -0.210 e. The normalized spacial score (nSPS) is 10.3. The van der Waals surface area contributed by atoms with E-state index in [1.165, 1.54) is 18.2 Å². The van der Waals surface area contributed by atoms with Crippen LogP contribution in [-0.4, -0.2) is 15.0 Å². The molecule has 0 aliphatic heterocycles. The summed E-state index contributed by atoms with van der Waals surface area (Å²) >= 11 is 0. The summed E-state index contributed by atoms with van der Waals surface area (Å²) < 4.78 is 26.3. The van der Waals surface area contributed by atoms with Gasteiger partial charge in [0.25, 0.3) is 0 Å². The third kappa shape index (κ3) is 3.59. The van der Waals surface area contributed by atoms with Crippen LogP contribution in [0.1, 0.15) is 24.5 Å². The predicted molar refractivity (Wildman–Crippen MR) is 69.1 cm³/mol. The topological polar surface area (TPSA) is 70.0 Å². The van der Waals surface area contributed by atoms with E-state index < -0.39 is 10.0 Å². The number of sulfonamides is 1. The van der Waals surface area contributed by atoms with Gasteiger partial charge in [-0.25, -0.2) is 13.1 Å². The maximum Gasteiger partial charge on any atom is 0.240 e. The summed E-state index contributed by atoms with van der Waals surface area (Å²) in [6.45, 7) is 3.70. The average molecular weight is 262 g/mol. The van der Waals surface area contributed by atoms with E-state index in [1.54, 1.807) is 13.8 Å². The van der Waals surface area contributed by atoms with E-state index in [1.807, 2.05) is 6.07 Å². The highest BCUT2D eigenvalue weighted by Gasteiger charge is 2.14. The number of nitriles is 1. The number of nitrogens with zero attached hydrogens (tertiary/aromatic N) is 1. The van der Waals surface area contributed by atoms with Gasteiger partial charge in [-0.3, -0.25) is 0 Å². The van der Waals surface area contributed by atoms with E-state index in [0.717, 1.165) is 0 Å². The molecule has 0 amide bonds. The van der Waals surface area contributed by atoms with Gasteiger partial charge in [0.05, 0.1) is 16.5 Å². The van der Waals surface area contributed by atoms with Gasteiger partial charge < -0.3 is 0 Å². The van der Waals surface area contributed by atoms with Crippen LogP contribution in [0.3, 0.4) is 0 Å². The lowest BCUT2D eigenvalue weighted by atomic mass is 10.1. The molecule has 0 radical (unpaired) electrons. The summed E-state index contributed by atoms with van der Waals surface area (Å²) in [4.78, 5) is 0.170. The molecule has 0 fully saturated rings. The predicted octanol–water partition coefficient (Wildman–Crippen LogP) is 1.56. The van der Waals surface area contributed by atoms with Crippen LogP contribution in [-0.2, 0) is 10.0 Å². The Hall–Kier alpha value is -1.82. The van der Waals surface area contributed by atoms with Crippen molar-refractivity contribution in [3.63, 3.8) is 0 Å². The lowest BCUT2D eigenvalue weighted by Crippen LogP contribution is -2.24. The third-order valence-corrected chi connectivity index (χ3v) is 3.81. The summed E-state index contributed by atoms with van der Waals surface area (Å²) in [5.41, 5.74) is 1.12. The van der Waals surface area contributed by atoms with Crippen LogP contribution in [0.25, 0.3) is 0 Å². The van der Waals surface area contributed by atoms with Crippen molar-refractivity contribution in [2.75, 3.05) is 6.54 Å². The number of hydrogen-bond donors (Lipinski definition) is 1. The molecule has 18 heavy (non-hydrogen) atoms. The zero-order valence-electron chi connectivity index (χ0n) is 10.3. The average Bonchev–Trinajstić information content (AvgIpc) is 2.34. The molecule has 1 aromatic carbocycles. The molecule has 0 saturated carbocycles. The molecule has 0 aliphatic rings. The van der Waals surface area contributed by atoms with E-state index in [9.17, 15) is 8.42 Å². The van der Waals surface area contributed by atoms with E-state index in [0.29, 0.717) is 17.5 Å². The summed E-state index contributed by atoms with van der Waals surface area (Å²) in [6.07, 6.45) is 0.477. The Morgan fingerprint density at radius 3 is 2.67 bits per heavy atom. The number of aryl methyl sites for hydroxylation is 1. The first-order valence-electron chi connectivity index (χ1n) is 5.41. The number of hydrogen-bond acceptors (Lipinski definition) is 3. The molecule has 0 spiro atoms. The Bertz CT molecular complexity index is 631. The Labute approximate surface area is 108 Å². The number of nitrogens with one attached hydrogen (secondary N) is 1. The van der Waals surface area contributed by atoms with Crippen molar-refractivity contribution in [1.82, 2.24) is 4.72 Å². The van der Waals surface area contributed by atoms with Crippen LogP contribution < -0.4 is 4.72 Å². The Kier molecular flexibility index (Phi) is 4.91. The molecule has 94 valence electrons. The SMILES string of the molecule is CC#CCCNS(=O)(=O)c1ccc(C#N)c(C)c1. The van der Waals surface area contributed by atoms with Gasteiger partial charge >= 0.3 is 0 Å². The second-order valence-corrected chi connectivity index (χ2v) is 5.43. The summed E-state index contributed by atoms with van der Waals surface area (Å²) in [5.74, 6) is 5.48. The first-order chi connectivity index (χ1) is 8.51. The molecule has 0 unspecified atom stereocenters. The van der Waals surface area contributed by atoms with Crippen LogP contribution in [0.2, 0.25) is 0 Å². The van der Waals surface area contributed by atoms with Crippen molar-refractivity contribution in [3.8, 4) is 17.9 Å². The molecular formula is C13H14N2O2S. The fourth-order valence-corrected chi connectivity index (χ4v) is 2.50. The van der Waals surface area contributed by atoms with Gasteiger partial charge in [0.1, 0.15) is 0 Å². The molecule has 0 aromatic heterocycles. The van der Waals surface area contributed by atoms with Crippen molar-refractivity contribution in [2.24, 2.45) is 0 Å². The van der Waals surface area contributed by atoms with E-state index in [4.69, 9.17) is 5.26 Å². The summed E-state index contributed by atoms with van der Waals surface area (Å²) in [6, 6.07) is 6.43. The first kappa shape index (κ1) is 14.2. The summed E-state index contributed by atoms with van der Waals surface area (Å²) in [5, 5.41) is 8.78. The molecule has 0 saturated heterocycles. The van der Waals surface area contributed by atoms with Crippen LogP contribution in [0, 0.1) is 30.1 Å². The van der Waals surface area contributed by atoms with Crippen molar-refractivity contribution < 1.29 is 8.42 Å². The lowest BCUT2D eigenvalue weighted by molar-refractivity contribution is 0.582. The highest BCUT2D eigenvalue weighted by atomic mass is 32.2. The van der Waals surface area contributed by atoms with Gasteiger partial charge in [0.15, 0.2) is 0 Å². The van der Waals surface area contributed by atoms with Gasteiger partial charge in [-0.05, 0) is 37.6 Å². The maximum absolute atomic E-state index is 11.9. The van der Waals surface area contributed by atoms with Crippen LogP contribution in [0.5, 0.6) is 0 Å². The van der Waals surface area contributed by atoms with E-state index in [2.05, 4.69) is 16.6 Å². The van der Waals surface area contributed by atoms with Crippen LogP contribution >= 0.6 is 0 Å². The molecular weight excluding hydrogens is 248 g/mol. The van der Waals surface area contributed by atoms with Gasteiger partial charge in [-0.2, -0.15) is 5.26 Å². The van der Waals surface area contributed by atoms with Crippen molar-refractivity contribution in [3.05, 3.63) is 29.3 Å². The Morgan fingerprint density at radius 2 is 2.11 bits per heavy atom. The molecule has 5 heteroatoms. The quantitative estimate of drug-likeness (QED) is 0.661. The number of benzene rings is 1. The molecule has 4 nitrogen and oxygen atoms in total. The van der Waals surface area contributed by atoms with Crippen molar-refractivity contribution >= 4 is 10.0 Å². The summed E-state index contributed by atoms with van der Waals surface area (Å²) in [7, 11) is -3.52. The minimum absolute atomic E-state index is 0.170. The zero-order valence-corrected chi connectivity index (χ0v) is 11.1. The van der Waals surface area contributed by atoms with Gasteiger partial charge in [-0.15, -0.1) is 11.8 Å². The molecule has 0 bridgehead atoms. The molecule has 0 atom stereocenters. The monoisotopic (exact) mass is 262 g/mol. The Balaban J connectivity index is 2.88. The number of rotatable bonds is 4. The minimum atomic E-state index is -3.52. The highest BCUT2D eigenvalue weighted by Crippen LogP contribution is 2.14. The molecule has 0 heterocycles. The highest BCUT2D eigenvalue weighted by molar-refractivity contribution is 7.89. The second kappa shape index (κ2) is 6.20. The van der Waals surface area contributed by atoms with E-state index >= 15 is 0 Å². The standard InChI is InChI=1S/C13H14N2O2S/c1-3-4-5-8-15-18(16,17)13-7-6-12(10-14)11(2)9-13/h6-7,9,15H,5,8H2,1-2H3. The van der Waals surface area contributed by atoms with Crippen molar-refractivity contribution in [1.29, 1.82) is 5.26 Å². The largest absolute Gasteiger partial charge is 0.240 e. The smallest absolute Gasteiger partial charge is 0.210 e. The molecule has 1 N–H and O–H groups in total. The van der Waals surface area contributed by atoms with Crippen LogP contribution in [0.15, 0.2) is 23.1 Å². The fourth-order valence-electron chi connectivity index (χ4n) is 1.38. The fraction of sp³-hybridized carbons (Fsp3) is 0.308. The molecule has 1 rings (SSSR count). The van der Waals surface area contributed by atoms with E-state index in [-0.39, 0.29) is 11.4 Å². The van der Waals surface area contributed by atoms with Gasteiger partial charge in [-0.1, -0.05) is 0 Å². The second-order valence-electron chi connectivity index (χ2n) is 3.66. The van der Waals surface area contributed by atoms with Gasteiger partial charge in [0.2, 0.25) is 10.0 Å². The molecule has 0 aliphatic carbocycles. The first-order valence-corrected chi connectivity index (χ1v) is 6.89. The van der Waals surface area contributed by atoms with Crippen LogP contribution in [0.4, 0.5) is 0 Å². The lowest BCUT2D eigenvalue weighted by Gasteiger charge is -2.06. The van der Waals surface area contributed by atoms with Gasteiger partial charge in [0, 0.05) is 13.0 Å². The molecule has 1 aromatic rings. The Morgan fingerprint density at radius 1 is 1.39 bits per heavy atom. The van der Waals surface area contributed by atoms with Crippen molar-refractivity contribution in [2.45, 2.75) is 25.2 Å².